The number of carbonyl (C=O) groups is 1. The van der Waals surface area contributed by atoms with Crippen molar-refractivity contribution < 1.29 is 4.79 Å². The highest BCUT2D eigenvalue weighted by molar-refractivity contribution is 7.09. The fraction of sp³-hybridized carbons (Fsp3) is 0.250. The van der Waals surface area contributed by atoms with Gasteiger partial charge in [0.05, 0.1) is 35.2 Å². The zero-order valence-electron chi connectivity index (χ0n) is 10.6. The first-order chi connectivity index (χ1) is 8.99. The molecule has 0 radical (unpaired) electrons. The molecule has 100 valence electrons. The highest BCUT2D eigenvalue weighted by Crippen LogP contribution is 2.19. The van der Waals surface area contributed by atoms with E-state index in [-0.39, 0.29) is 11.1 Å². The van der Waals surface area contributed by atoms with Crippen LogP contribution in [0.3, 0.4) is 0 Å². The molecule has 2 heterocycles. The Kier molecular flexibility index (Phi) is 4.01. The number of hydrogen-bond acceptors (Lipinski definition) is 5. The minimum Gasteiger partial charge on any atom is -0.397 e. The average molecular weight is 297 g/mol. The van der Waals surface area contributed by atoms with Crippen LogP contribution in [0.4, 0.5) is 5.69 Å². The number of hydrogen-bond donors (Lipinski definition) is 1. The third-order valence-corrected chi connectivity index (χ3v) is 3.83. The standard InChI is InChI=1S/C12H13ClN4OS/c1-7-10(19-6-16-7)5-17(2)12(18)8-3-11(13)15-4-9(8)14/h3-4,6H,5,14H2,1-2H3. The van der Waals surface area contributed by atoms with Crippen molar-refractivity contribution in [3.05, 3.63) is 39.1 Å². The molecule has 0 saturated heterocycles. The molecule has 5 nitrogen and oxygen atoms in total. The van der Waals surface area contributed by atoms with Gasteiger partial charge in [-0.15, -0.1) is 11.3 Å². The van der Waals surface area contributed by atoms with E-state index in [2.05, 4.69) is 9.97 Å². The summed E-state index contributed by atoms with van der Waals surface area (Å²) >= 11 is 7.31. The average Bonchev–Trinajstić information content (AvgIpc) is 2.77. The maximum Gasteiger partial charge on any atom is 0.256 e. The second-order valence-corrected chi connectivity index (χ2v) is 5.44. The summed E-state index contributed by atoms with van der Waals surface area (Å²) < 4.78 is 0. The lowest BCUT2D eigenvalue weighted by molar-refractivity contribution is 0.0787. The highest BCUT2D eigenvalue weighted by atomic mass is 35.5. The van der Waals surface area contributed by atoms with Crippen LogP contribution < -0.4 is 5.73 Å². The zero-order chi connectivity index (χ0) is 14.0. The number of rotatable bonds is 3. The molecular formula is C12H13ClN4OS. The Labute approximate surface area is 120 Å². The SMILES string of the molecule is Cc1ncsc1CN(C)C(=O)c1cc(Cl)ncc1N. The van der Waals surface area contributed by atoms with Crippen molar-refractivity contribution in [2.24, 2.45) is 0 Å². The molecule has 0 atom stereocenters. The van der Waals surface area contributed by atoms with Gasteiger partial charge in [-0.25, -0.2) is 9.97 Å². The molecule has 2 rings (SSSR count). The number of aryl methyl sites for hydroxylation is 1. The summed E-state index contributed by atoms with van der Waals surface area (Å²) in [5, 5.41) is 0.250. The molecule has 19 heavy (non-hydrogen) atoms. The molecule has 0 aliphatic carbocycles. The van der Waals surface area contributed by atoms with E-state index in [1.165, 1.54) is 23.6 Å². The van der Waals surface area contributed by atoms with Crippen molar-refractivity contribution in [2.75, 3.05) is 12.8 Å². The molecule has 2 aromatic heterocycles. The number of nitrogens with zero attached hydrogens (tertiary/aromatic N) is 3. The molecule has 0 bridgehead atoms. The molecule has 0 fully saturated rings. The number of carbonyl (C=O) groups excluding carboxylic acids is 1. The molecule has 2 aromatic rings. The van der Waals surface area contributed by atoms with Crippen LogP contribution in [0.2, 0.25) is 5.15 Å². The highest BCUT2D eigenvalue weighted by Gasteiger charge is 2.17. The number of pyridine rings is 1. The largest absolute Gasteiger partial charge is 0.397 e. The van der Waals surface area contributed by atoms with Gasteiger partial charge in [-0.1, -0.05) is 11.6 Å². The Hall–Kier alpha value is -1.66. The van der Waals surface area contributed by atoms with E-state index in [0.29, 0.717) is 17.8 Å². The summed E-state index contributed by atoms with van der Waals surface area (Å²) in [7, 11) is 1.72. The maximum absolute atomic E-state index is 12.3. The van der Waals surface area contributed by atoms with Gasteiger partial charge in [0.15, 0.2) is 0 Å². The molecule has 0 aliphatic heterocycles. The number of nitrogens with two attached hydrogens (primary N) is 1. The first kappa shape index (κ1) is 13.8. The van der Waals surface area contributed by atoms with Gasteiger partial charge in [0.1, 0.15) is 5.15 Å². The molecule has 7 heteroatoms. The van der Waals surface area contributed by atoms with E-state index >= 15 is 0 Å². The fourth-order valence-electron chi connectivity index (χ4n) is 1.60. The maximum atomic E-state index is 12.3. The normalized spacial score (nSPS) is 10.5. The summed E-state index contributed by atoms with van der Waals surface area (Å²) in [6.45, 7) is 2.41. The van der Waals surface area contributed by atoms with Crippen LogP contribution in [0.25, 0.3) is 0 Å². The van der Waals surface area contributed by atoms with E-state index in [9.17, 15) is 4.79 Å². The quantitative estimate of drug-likeness (QED) is 0.883. The van der Waals surface area contributed by atoms with Gasteiger partial charge in [0.2, 0.25) is 0 Å². The van der Waals surface area contributed by atoms with E-state index in [1.807, 2.05) is 6.92 Å². The third kappa shape index (κ3) is 3.02. The minimum atomic E-state index is -0.186. The van der Waals surface area contributed by atoms with Crippen molar-refractivity contribution in [1.29, 1.82) is 0 Å². The molecular weight excluding hydrogens is 284 g/mol. The molecule has 1 amide bonds. The summed E-state index contributed by atoms with van der Waals surface area (Å²) in [6, 6.07) is 1.48. The molecule has 0 saturated carbocycles. The number of anilines is 1. The topological polar surface area (TPSA) is 72.1 Å². The van der Waals surface area contributed by atoms with Crippen molar-refractivity contribution in [3.63, 3.8) is 0 Å². The predicted octanol–water partition coefficient (Wildman–Crippen LogP) is 2.35. The van der Waals surface area contributed by atoms with E-state index < -0.39 is 0 Å². The van der Waals surface area contributed by atoms with Crippen molar-refractivity contribution in [2.45, 2.75) is 13.5 Å². The summed E-state index contributed by atoms with van der Waals surface area (Å²) in [5.74, 6) is -0.186. The predicted molar refractivity (Wildman–Crippen MR) is 76.3 cm³/mol. The Morgan fingerprint density at radius 1 is 1.53 bits per heavy atom. The molecule has 0 aliphatic rings. The lowest BCUT2D eigenvalue weighted by atomic mass is 10.2. The number of nitrogen functional groups attached to an aromatic ring is 1. The first-order valence-electron chi connectivity index (χ1n) is 5.54. The molecule has 0 aromatic carbocycles. The second kappa shape index (κ2) is 5.54. The summed E-state index contributed by atoms with van der Waals surface area (Å²) in [6.07, 6.45) is 1.39. The molecule has 0 spiro atoms. The third-order valence-electron chi connectivity index (χ3n) is 2.70. The second-order valence-electron chi connectivity index (χ2n) is 4.12. The van der Waals surface area contributed by atoms with Gasteiger partial charge < -0.3 is 10.6 Å². The number of aromatic nitrogens is 2. The van der Waals surface area contributed by atoms with Crippen LogP contribution >= 0.6 is 22.9 Å². The number of halogens is 1. The van der Waals surface area contributed by atoms with E-state index in [1.54, 1.807) is 17.5 Å². The lowest BCUT2D eigenvalue weighted by Gasteiger charge is -2.17. The summed E-state index contributed by atoms with van der Waals surface area (Å²) in [5.41, 5.74) is 9.14. The zero-order valence-corrected chi connectivity index (χ0v) is 12.1. The lowest BCUT2D eigenvalue weighted by Crippen LogP contribution is -2.27. The van der Waals surface area contributed by atoms with Gasteiger partial charge in [0.25, 0.3) is 5.91 Å². The summed E-state index contributed by atoms with van der Waals surface area (Å²) in [4.78, 5) is 22.9. The van der Waals surface area contributed by atoms with Gasteiger partial charge >= 0.3 is 0 Å². The fourth-order valence-corrected chi connectivity index (χ4v) is 2.58. The van der Waals surface area contributed by atoms with E-state index in [4.69, 9.17) is 17.3 Å². The first-order valence-corrected chi connectivity index (χ1v) is 6.80. The minimum absolute atomic E-state index is 0.186. The van der Waals surface area contributed by atoms with Crippen LogP contribution in [-0.2, 0) is 6.54 Å². The molecule has 0 unspecified atom stereocenters. The van der Waals surface area contributed by atoms with Crippen molar-refractivity contribution in [1.82, 2.24) is 14.9 Å². The van der Waals surface area contributed by atoms with E-state index in [0.717, 1.165) is 10.6 Å². The van der Waals surface area contributed by atoms with Gasteiger partial charge in [-0.2, -0.15) is 0 Å². The van der Waals surface area contributed by atoms with Crippen LogP contribution in [0.15, 0.2) is 17.8 Å². The Balaban J connectivity index is 2.19. The Morgan fingerprint density at radius 3 is 2.89 bits per heavy atom. The monoisotopic (exact) mass is 296 g/mol. The smallest absolute Gasteiger partial charge is 0.256 e. The van der Waals surface area contributed by atoms with Crippen LogP contribution in [0, 0.1) is 6.92 Å². The van der Waals surface area contributed by atoms with Crippen LogP contribution in [0.5, 0.6) is 0 Å². The van der Waals surface area contributed by atoms with Gasteiger partial charge in [0, 0.05) is 11.9 Å². The number of thiazole rings is 1. The van der Waals surface area contributed by atoms with Crippen LogP contribution in [-0.4, -0.2) is 27.8 Å². The molecule has 2 N–H and O–H groups in total. The van der Waals surface area contributed by atoms with Gasteiger partial charge in [-0.3, -0.25) is 4.79 Å². The number of amides is 1. The Bertz CT molecular complexity index is 614. The van der Waals surface area contributed by atoms with Crippen LogP contribution in [0.1, 0.15) is 20.9 Å². The van der Waals surface area contributed by atoms with Gasteiger partial charge in [-0.05, 0) is 13.0 Å². The van der Waals surface area contributed by atoms with Crippen molar-refractivity contribution in [3.8, 4) is 0 Å². The Morgan fingerprint density at radius 2 is 2.26 bits per heavy atom. The van der Waals surface area contributed by atoms with Crippen molar-refractivity contribution >= 4 is 34.5 Å².